The number of nitrogens with zero attached hydrogens (tertiary/aromatic N) is 2. The Kier molecular flexibility index (Phi) is 3.59. The Morgan fingerprint density at radius 1 is 1.36 bits per heavy atom. The van der Waals surface area contributed by atoms with Crippen molar-refractivity contribution in [2.75, 3.05) is 26.7 Å². The van der Waals surface area contributed by atoms with Gasteiger partial charge in [-0.15, -0.1) is 0 Å². The van der Waals surface area contributed by atoms with E-state index in [0.29, 0.717) is 0 Å². The van der Waals surface area contributed by atoms with Gasteiger partial charge in [0, 0.05) is 30.9 Å². The summed E-state index contributed by atoms with van der Waals surface area (Å²) in [5.41, 5.74) is 1.56. The zero-order chi connectivity index (χ0) is 10.8. The lowest BCUT2D eigenvalue weighted by molar-refractivity contribution is 0.0579. The van der Waals surface area contributed by atoms with Gasteiger partial charge < -0.3 is 9.80 Å². The van der Waals surface area contributed by atoms with E-state index in [2.05, 4.69) is 44.2 Å². The van der Waals surface area contributed by atoms with Gasteiger partial charge in [-0.25, -0.2) is 0 Å². The molecule has 0 amide bonds. The minimum absolute atomic E-state index is 0.249. The first-order chi connectivity index (χ1) is 6.47. The highest BCUT2D eigenvalue weighted by Crippen LogP contribution is 2.25. The number of hydrogen-bond donors (Lipinski definition) is 0. The smallest absolute Gasteiger partial charge is 0.0470 e. The third-order valence-corrected chi connectivity index (χ3v) is 3.01. The number of hydrogen-bond acceptors (Lipinski definition) is 2. The average Bonchev–Trinajstić information content (AvgIpc) is 2.01. The molecule has 0 unspecified atom stereocenters. The molecule has 1 rings (SSSR count). The van der Waals surface area contributed by atoms with E-state index in [0.717, 1.165) is 26.1 Å². The Labute approximate surface area is 88.6 Å². The van der Waals surface area contributed by atoms with Crippen molar-refractivity contribution in [3.63, 3.8) is 0 Å². The van der Waals surface area contributed by atoms with Crippen molar-refractivity contribution in [2.24, 2.45) is 0 Å². The molecule has 0 N–H and O–H groups in total. The van der Waals surface area contributed by atoms with Crippen LogP contribution in [0.4, 0.5) is 0 Å². The largest absolute Gasteiger partial charge is 0.368 e. The molecule has 0 aromatic carbocycles. The first-order valence-electron chi connectivity index (χ1n) is 5.61. The summed E-state index contributed by atoms with van der Waals surface area (Å²) in [6.45, 7) is 14.5. The van der Waals surface area contributed by atoms with Gasteiger partial charge in [-0.2, -0.15) is 0 Å². The maximum absolute atomic E-state index is 4.20. The van der Waals surface area contributed by atoms with Gasteiger partial charge in [0.15, 0.2) is 0 Å². The summed E-state index contributed by atoms with van der Waals surface area (Å²) in [6, 6.07) is 0. The Morgan fingerprint density at radius 3 is 2.50 bits per heavy atom. The summed E-state index contributed by atoms with van der Waals surface area (Å²) in [5.74, 6) is 0. The second-order valence-electron chi connectivity index (χ2n) is 5.02. The van der Waals surface area contributed by atoms with E-state index in [4.69, 9.17) is 0 Å². The van der Waals surface area contributed by atoms with Crippen LogP contribution in [0, 0.1) is 0 Å². The van der Waals surface area contributed by atoms with Crippen LogP contribution in [0.5, 0.6) is 0 Å². The minimum atomic E-state index is 0.249. The van der Waals surface area contributed by atoms with Crippen LogP contribution in [0.1, 0.15) is 33.6 Å². The molecule has 2 heteroatoms. The molecule has 0 atom stereocenters. The summed E-state index contributed by atoms with van der Waals surface area (Å²) < 4.78 is 0. The standard InChI is InChI=1S/C12H24N2/c1-6-7-11(2)14-9-8-13(5)10-12(14,3)4/h2,6-10H2,1,3-5H3. The summed E-state index contributed by atoms with van der Waals surface area (Å²) in [6.07, 6.45) is 2.33. The molecular formula is C12H24N2. The SMILES string of the molecule is C=C(CCC)N1CCN(C)CC1(C)C. The summed E-state index contributed by atoms with van der Waals surface area (Å²) in [4.78, 5) is 4.88. The van der Waals surface area contributed by atoms with E-state index in [1.54, 1.807) is 0 Å². The van der Waals surface area contributed by atoms with Gasteiger partial charge in [0.2, 0.25) is 0 Å². The van der Waals surface area contributed by atoms with Crippen LogP contribution >= 0.6 is 0 Å². The van der Waals surface area contributed by atoms with Crippen molar-refractivity contribution < 1.29 is 0 Å². The van der Waals surface area contributed by atoms with Crippen LogP contribution in [0.3, 0.4) is 0 Å². The second-order valence-corrected chi connectivity index (χ2v) is 5.02. The van der Waals surface area contributed by atoms with Gasteiger partial charge >= 0.3 is 0 Å². The van der Waals surface area contributed by atoms with E-state index < -0.39 is 0 Å². The third-order valence-electron chi connectivity index (χ3n) is 3.01. The van der Waals surface area contributed by atoms with E-state index >= 15 is 0 Å². The Morgan fingerprint density at radius 2 is 2.00 bits per heavy atom. The molecule has 0 aromatic heterocycles. The van der Waals surface area contributed by atoms with Crippen molar-refractivity contribution in [1.82, 2.24) is 9.80 Å². The zero-order valence-electron chi connectivity index (χ0n) is 10.1. The molecule has 0 aliphatic carbocycles. The first kappa shape index (κ1) is 11.6. The molecule has 1 aliphatic rings. The van der Waals surface area contributed by atoms with Gasteiger partial charge in [0.25, 0.3) is 0 Å². The molecule has 0 spiro atoms. The van der Waals surface area contributed by atoms with Crippen LogP contribution in [-0.2, 0) is 0 Å². The van der Waals surface area contributed by atoms with E-state index in [-0.39, 0.29) is 5.54 Å². The fraction of sp³-hybridized carbons (Fsp3) is 0.833. The molecule has 1 aliphatic heterocycles. The lowest BCUT2D eigenvalue weighted by atomic mass is 9.97. The molecule has 0 radical (unpaired) electrons. The van der Waals surface area contributed by atoms with Crippen molar-refractivity contribution in [2.45, 2.75) is 39.2 Å². The van der Waals surface area contributed by atoms with Gasteiger partial charge in [-0.3, -0.25) is 0 Å². The Bertz CT molecular complexity index is 208. The highest BCUT2D eigenvalue weighted by molar-refractivity contribution is 5.03. The van der Waals surface area contributed by atoms with E-state index in [1.807, 2.05) is 0 Å². The van der Waals surface area contributed by atoms with E-state index in [1.165, 1.54) is 12.1 Å². The summed E-state index contributed by atoms with van der Waals surface area (Å²) in [5, 5.41) is 0. The molecule has 14 heavy (non-hydrogen) atoms. The number of likely N-dealkylation sites (N-methyl/N-ethyl adjacent to an activating group) is 1. The van der Waals surface area contributed by atoms with Gasteiger partial charge in [-0.05, 0) is 27.3 Å². The van der Waals surface area contributed by atoms with Crippen LogP contribution < -0.4 is 0 Å². The second kappa shape index (κ2) is 4.35. The van der Waals surface area contributed by atoms with Crippen molar-refractivity contribution in [3.05, 3.63) is 12.3 Å². The van der Waals surface area contributed by atoms with Gasteiger partial charge in [0.05, 0.1) is 0 Å². The van der Waals surface area contributed by atoms with Crippen molar-refractivity contribution >= 4 is 0 Å². The topological polar surface area (TPSA) is 6.48 Å². The Balaban J connectivity index is 2.64. The summed E-state index contributed by atoms with van der Waals surface area (Å²) >= 11 is 0. The summed E-state index contributed by atoms with van der Waals surface area (Å²) in [7, 11) is 2.20. The average molecular weight is 196 g/mol. The minimum Gasteiger partial charge on any atom is -0.368 e. The molecular weight excluding hydrogens is 172 g/mol. The van der Waals surface area contributed by atoms with Crippen LogP contribution in [-0.4, -0.2) is 42.0 Å². The zero-order valence-corrected chi connectivity index (χ0v) is 10.1. The molecule has 1 fully saturated rings. The molecule has 0 saturated carbocycles. The third kappa shape index (κ3) is 2.50. The van der Waals surface area contributed by atoms with Crippen molar-refractivity contribution in [1.29, 1.82) is 0 Å². The molecule has 0 bridgehead atoms. The molecule has 1 heterocycles. The number of rotatable bonds is 3. The predicted octanol–water partition coefficient (Wildman–Crippen LogP) is 2.33. The fourth-order valence-electron chi connectivity index (χ4n) is 2.41. The van der Waals surface area contributed by atoms with E-state index in [9.17, 15) is 0 Å². The molecule has 2 nitrogen and oxygen atoms in total. The number of allylic oxidation sites excluding steroid dienone is 1. The highest BCUT2D eigenvalue weighted by atomic mass is 15.3. The molecule has 1 saturated heterocycles. The molecule has 0 aromatic rings. The predicted molar refractivity (Wildman–Crippen MR) is 62.3 cm³/mol. The maximum atomic E-state index is 4.20. The quantitative estimate of drug-likeness (QED) is 0.683. The Hall–Kier alpha value is -0.500. The maximum Gasteiger partial charge on any atom is 0.0470 e. The van der Waals surface area contributed by atoms with Gasteiger partial charge in [0.1, 0.15) is 0 Å². The fourth-order valence-corrected chi connectivity index (χ4v) is 2.41. The molecule has 82 valence electrons. The van der Waals surface area contributed by atoms with Crippen LogP contribution in [0.25, 0.3) is 0 Å². The van der Waals surface area contributed by atoms with Gasteiger partial charge in [-0.1, -0.05) is 19.9 Å². The lowest BCUT2D eigenvalue weighted by Gasteiger charge is -2.48. The lowest BCUT2D eigenvalue weighted by Crippen LogP contribution is -2.57. The normalized spacial score (nSPS) is 22.4. The first-order valence-corrected chi connectivity index (χ1v) is 5.61. The van der Waals surface area contributed by atoms with Crippen LogP contribution in [0.15, 0.2) is 12.3 Å². The highest BCUT2D eigenvalue weighted by Gasteiger charge is 2.32. The van der Waals surface area contributed by atoms with Crippen LogP contribution in [0.2, 0.25) is 0 Å². The number of piperazine rings is 1. The monoisotopic (exact) mass is 196 g/mol. The van der Waals surface area contributed by atoms with Crippen molar-refractivity contribution in [3.8, 4) is 0 Å².